The highest BCUT2D eigenvalue weighted by atomic mass is 16.5. The zero-order valence-electron chi connectivity index (χ0n) is 15.0. The Morgan fingerprint density at radius 1 is 1.15 bits per heavy atom. The van der Waals surface area contributed by atoms with E-state index >= 15 is 0 Å². The van der Waals surface area contributed by atoms with Gasteiger partial charge in [0.25, 0.3) is 5.91 Å². The number of carbonyl (C=O) groups excluding carboxylic acids is 1. The van der Waals surface area contributed by atoms with Crippen molar-refractivity contribution in [2.45, 2.75) is 19.3 Å². The maximum atomic E-state index is 13.1. The highest BCUT2D eigenvalue weighted by molar-refractivity contribution is 5.95. The Labute approximate surface area is 153 Å². The van der Waals surface area contributed by atoms with Gasteiger partial charge in [-0.15, -0.1) is 0 Å². The van der Waals surface area contributed by atoms with Crippen molar-refractivity contribution >= 4 is 5.91 Å². The van der Waals surface area contributed by atoms with E-state index < -0.39 is 0 Å². The van der Waals surface area contributed by atoms with E-state index in [0.717, 1.165) is 47.9 Å². The van der Waals surface area contributed by atoms with Gasteiger partial charge in [-0.25, -0.2) is 4.98 Å². The smallest absolute Gasteiger partial charge is 0.253 e. The lowest BCUT2D eigenvalue weighted by Crippen LogP contribution is -2.30. The van der Waals surface area contributed by atoms with Crippen molar-refractivity contribution in [2.24, 2.45) is 23.7 Å². The van der Waals surface area contributed by atoms with Crippen LogP contribution >= 0.6 is 0 Å². The molecule has 1 saturated heterocycles. The summed E-state index contributed by atoms with van der Waals surface area (Å²) in [7, 11) is 1.59. The van der Waals surface area contributed by atoms with E-state index in [-0.39, 0.29) is 5.91 Å². The predicted octanol–water partition coefficient (Wildman–Crippen LogP) is 3.27. The third-order valence-corrected chi connectivity index (χ3v) is 6.63. The highest BCUT2D eigenvalue weighted by Crippen LogP contribution is 2.55. The number of fused-ring (bicyclic) bond motifs is 5. The molecule has 3 fully saturated rings. The van der Waals surface area contributed by atoms with E-state index in [4.69, 9.17) is 4.74 Å². The Bertz CT molecular complexity index is 835. The summed E-state index contributed by atoms with van der Waals surface area (Å²) in [5.41, 5.74) is 1.57. The van der Waals surface area contributed by atoms with Gasteiger partial charge in [0.05, 0.1) is 7.11 Å². The first-order valence-electron chi connectivity index (χ1n) is 9.49. The normalized spacial score (nSPS) is 29.0. The van der Waals surface area contributed by atoms with E-state index in [0.29, 0.717) is 11.7 Å². The van der Waals surface area contributed by atoms with Crippen LogP contribution in [0.4, 0.5) is 0 Å². The second-order valence-corrected chi connectivity index (χ2v) is 7.87. The molecule has 1 aromatic carbocycles. The third kappa shape index (κ3) is 2.49. The maximum absolute atomic E-state index is 13.1. The van der Waals surface area contributed by atoms with Crippen LogP contribution in [0.1, 0.15) is 29.6 Å². The quantitative estimate of drug-likeness (QED) is 0.853. The average molecular weight is 349 g/mol. The molecule has 0 radical (unpaired) electrons. The van der Waals surface area contributed by atoms with Crippen molar-refractivity contribution in [1.82, 2.24) is 14.9 Å². The molecule has 5 nitrogen and oxygen atoms in total. The largest absolute Gasteiger partial charge is 0.481 e. The van der Waals surface area contributed by atoms with E-state index in [1.165, 1.54) is 19.3 Å². The monoisotopic (exact) mass is 349 g/mol. The molecule has 2 saturated carbocycles. The molecule has 26 heavy (non-hydrogen) atoms. The predicted molar refractivity (Wildman–Crippen MR) is 97.7 cm³/mol. The second-order valence-electron chi connectivity index (χ2n) is 7.87. The van der Waals surface area contributed by atoms with Gasteiger partial charge in [0.2, 0.25) is 5.88 Å². The van der Waals surface area contributed by atoms with E-state index in [2.05, 4.69) is 14.9 Å². The van der Waals surface area contributed by atoms with Crippen LogP contribution in [-0.2, 0) is 0 Å². The first-order chi connectivity index (χ1) is 12.7. The summed E-state index contributed by atoms with van der Waals surface area (Å²) in [6.45, 7) is 1.87. The summed E-state index contributed by atoms with van der Waals surface area (Å²) in [6.07, 6.45) is 5.82. The standard InChI is InChI=1S/C21H23N3O2/c1-26-19-7-8-22-20(23-19)15-3-2-4-16(10-15)21(25)24-11-17-13-5-6-14(9-13)18(17)12-24/h2-4,7-8,10,13-14,17-18H,5-6,9,11-12H2,1H3/t13-,14+,17-,18+. The second kappa shape index (κ2) is 6.08. The van der Waals surface area contributed by atoms with Crippen molar-refractivity contribution in [3.8, 4) is 17.3 Å². The fraction of sp³-hybridized carbons (Fsp3) is 0.476. The Kier molecular flexibility index (Phi) is 3.69. The van der Waals surface area contributed by atoms with Crippen molar-refractivity contribution in [1.29, 1.82) is 0 Å². The summed E-state index contributed by atoms with van der Waals surface area (Å²) in [5, 5.41) is 0. The van der Waals surface area contributed by atoms with Gasteiger partial charge in [-0.05, 0) is 55.1 Å². The van der Waals surface area contributed by atoms with Crippen LogP contribution in [0.5, 0.6) is 5.88 Å². The van der Waals surface area contributed by atoms with Crippen LogP contribution in [0, 0.1) is 23.7 Å². The molecular weight excluding hydrogens is 326 g/mol. The number of hydrogen-bond acceptors (Lipinski definition) is 4. The highest BCUT2D eigenvalue weighted by Gasteiger charge is 2.52. The van der Waals surface area contributed by atoms with Crippen molar-refractivity contribution in [2.75, 3.05) is 20.2 Å². The molecule has 0 N–H and O–H groups in total. The number of nitrogens with zero attached hydrogens (tertiary/aromatic N) is 3. The van der Waals surface area contributed by atoms with Gasteiger partial charge < -0.3 is 9.64 Å². The summed E-state index contributed by atoms with van der Waals surface area (Å²) in [6, 6.07) is 9.36. The number of likely N-dealkylation sites (tertiary alicyclic amines) is 1. The number of amides is 1. The molecule has 4 atom stereocenters. The Morgan fingerprint density at radius 2 is 1.92 bits per heavy atom. The number of ether oxygens (including phenoxy) is 1. The Hall–Kier alpha value is -2.43. The molecule has 3 aliphatic rings. The average Bonchev–Trinajstić information content (AvgIpc) is 3.41. The van der Waals surface area contributed by atoms with Gasteiger partial charge in [0.1, 0.15) is 0 Å². The lowest BCUT2D eigenvalue weighted by molar-refractivity contribution is 0.0776. The minimum absolute atomic E-state index is 0.142. The number of hydrogen-bond donors (Lipinski definition) is 0. The first kappa shape index (κ1) is 15.8. The van der Waals surface area contributed by atoms with Crippen molar-refractivity contribution < 1.29 is 9.53 Å². The molecule has 2 heterocycles. The molecule has 2 aromatic rings. The van der Waals surface area contributed by atoms with Crippen molar-refractivity contribution in [3.05, 3.63) is 42.1 Å². The lowest BCUT2D eigenvalue weighted by Gasteiger charge is -2.22. The zero-order chi connectivity index (χ0) is 17.7. The molecule has 1 aromatic heterocycles. The van der Waals surface area contributed by atoms with Crippen LogP contribution in [-0.4, -0.2) is 41.0 Å². The van der Waals surface area contributed by atoms with Gasteiger partial charge in [-0.1, -0.05) is 12.1 Å². The van der Waals surface area contributed by atoms with Crippen molar-refractivity contribution in [3.63, 3.8) is 0 Å². The van der Waals surface area contributed by atoms with Crippen LogP contribution in [0.25, 0.3) is 11.4 Å². The van der Waals surface area contributed by atoms with Gasteiger partial charge in [0, 0.05) is 36.5 Å². The van der Waals surface area contributed by atoms with Crippen LogP contribution in [0.15, 0.2) is 36.5 Å². The molecule has 134 valence electrons. The molecule has 1 amide bonds. The fourth-order valence-corrected chi connectivity index (χ4v) is 5.42. The molecule has 2 bridgehead atoms. The molecule has 1 aliphatic heterocycles. The first-order valence-corrected chi connectivity index (χ1v) is 9.49. The zero-order valence-corrected chi connectivity index (χ0v) is 15.0. The minimum atomic E-state index is 0.142. The fourth-order valence-electron chi connectivity index (χ4n) is 5.42. The molecule has 5 heteroatoms. The van der Waals surface area contributed by atoms with Gasteiger partial charge in [-0.2, -0.15) is 4.98 Å². The number of rotatable bonds is 3. The summed E-state index contributed by atoms with van der Waals surface area (Å²) < 4.78 is 5.18. The van der Waals surface area contributed by atoms with Crippen LogP contribution < -0.4 is 4.74 Å². The summed E-state index contributed by atoms with van der Waals surface area (Å²) in [4.78, 5) is 23.8. The number of methoxy groups -OCH3 is 1. The van der Waals surface area contributed by atoms with Crippen LogP contribution in [0.2, 0.25) is 0 Å². The van der Waals surface area contributed by atoms with Gasteiger partial charge in [0.15, 0.2) is 5.82 Å². The Morgan fingerprint density at radius 3 is 2.65 bits per heavy atom. The number of aromatic nitrogens is 2. The molecule has 5 rings (SSSR count). The van der Waals surface area contributed by atoms with Gasteiger partial charge >= 0.3 is 0 Å². The summed E-state index contributed by atoms with van der Waals surface area (Å²) >= 11 is 0. The molecule has 0 unspecified atom stereocenters. The number of carbonyl (C=O) groups is 1. The SMILES string of the molecule is COc1ccnc(-c2cccc(C(=O)N3C[C@@H]4[C@@H]5CC[C@@H](C5)[C@@H]4C3)c2)n1. The van der Waals surface area contributed by atoms with Crippen LogP contribution in [0.3, 0.4) is 0 Å². The Balaban J connectivity index is 1.38. The van der Waals surface area contributed by atoms with E-state index in [9.17, 15) is 4.79 Å². The number of benzene rings is 1. The third-order valence-electron chi connectivity index (χ3n) is 6.63. The molecule has 2 aliphatic carbocycles. The van der Waals surface area contributed by atoms with E-state index in [1.54, 1.807) is 19.4 Å². The van der Waals surface area contributed by atoms with Gasteiger partial charge in [-0.3, -0.25) is 4.79 Å². The molecule has 0 spiro atoms. The van der Waals surface area contributed by atoms with E-state index in [1.807, 2.05) is 24.3 Å². The minimum Gasteiger partial charge on any atom is -0.481 e. The molecular formula is C21H23N3O2. The summed E-state index contributed by atoms with van der Waals surface area (Å²) in [5.74, 6) is 4.44. The topological polar surface area (TPSA) is 55.3 Å². The lowest BCUT2D eigenvalue weighted by atomic mass is 9.82. The maximum Gasteiger partial charge on any atom is 0.253 e.